The number of nitrogens with one attached hydrogen (secondary N) is 1. The molecule has 1 amide bonds. The first-order valence-electron chi connectivity index (χ1n) is 8.01. The fourth-order valence-electron chi connectivity index (χ4n) is 2.40. The third-order valence-corrected chi connectivity index (χ3v) is 4.77. The van der Waals surface area contributed by atoms with Crippen molar-refractivity contribution in [3.63, 3.8) is 0 Å². The number of anilines is 1. The molecule has 0 radical (unpaired) electrons. The van der Waals surface area contributed by atoms with Crippen LogP contribution in [0, 0.1) is 24.0 Å². The molecule has 1 heterocycles. The van der Waals surface area contributed by atoms with Crippen LogP contribution in [0.1, 0.15) is 27.6 Å². The van der Waals surface area contributed by atoms with Crippen LogP contribution in [0.4, 0.5) is 11.4 Å². The molecule has 0 atom stereocenters. The van der Waals surface area contributed by atoms with Gasteiger partial charge in [-0.15, -0.1) is 11.8 Å². The van der Waals surface area contributed by atoms with E-state index in [9.17, 15) is 14.9 Å². The lowest BCUT2D eigenvalue weighted by Crippen LogP contribution is -2.13. The number of hydrogen-bond donors (Lipinski definition) is 1. The second-order valence-electron chi connectivity index (χ2n) is 5.73. The zero-order valence-electron chi connectivity index (χ0n) is 14.6. The van der Waals surface area contributed by atoms with Crippen molar-refractivity contribution in [2.24, 2.45) is 0 Å². The van der Waals surface area contributed by atoms with Gasteiger partial charge in [0.05, 0.1) is 16.2 Å². The van der Waals surface area contributed by atoms with Gasteiger partial charge in [0.15, 0.2) is 5.82 Å². The first kappa shape index (κ1) is 18.6. The predicted octanol–water partition coefficient (Wildman–Crippen LogP) is 4.14. The van der Waals surface area contributed by atoms with Crippen LogP contribution in [-0.4, -0.2) is 21.0 Å². The molecule has 0 aliphatic carbocycles. The largest absolute Gasteiger partial charge is 0.338 e. The molecule has 0 spiro atoms. The summed E-state index contributed by atoms with van der Waals surface area (Å²) in [6.07, 6.45) is 0. The Morgan fingerprint density at radius 1 is 1.26 bits per heavy atom. The van der Waals surface area contributed by atoms with E-state index in [0.29, 0.717) is 34.3 Å². The van der Waals surface area contributed by atoms with E-state index in [1.54, 1.807) is 38.1 Å². The zero-order chi connectivity index (χ0) is 19.4. The summed E-state index contributed by atoms with van der Waals surface area (Å²) in [5.74, 6) is 1.11. The summed E-state index contributed by atoms with van der Waals surface area (Å²) >= 11 is 1.40. The number of rotatable bonds is 6. The normalized spacial score (nSPS) is 10.6. The van der Waals surface area contributed by atoms with Crippen molar-refractivity contribution in [3.8, 4) is 0 Å². The number of nitro groups is 1. The van der Waals surface area contributed by atoms with Gasteiger partial charge >= 0.3 is 0 Å². The summed E-state index contributed by atoms with van der Waals surface area (Å²) < 4.78 is 5.08. The monoisotopic (exact) mass is 384 g/mol. The molecule has 0 fully saturated rings. The Bertz CT molecular complexity index is 1000. The smallest absolute Gasteiger partial charge is 0.274 e. The number of hydrogen-bond acceptors (Lipinski definition) is 7. The second-order valence-corrected chi connectivity index (χ2v) is 6.75. The van der Waals surface area contributed by atoms with Crippen LogP contribution in [0.5, 0.6) is 0 Å². The first-order chi connectivity index (χ1) is 12.9. The van der Waals surface area contributed by atoms with Crippen LogP contribution in [-0.2, 0) is 5.75 Å². The molecule has 0 saturated carbocycles. The number of aromatic nitrogens is 2. The lowest BCUT2D eigenvalue weighted by molar-refractivity contribution is -0.385. The fourth-order valence-corrected chi connectivity index (χ4v) is 3.29. The van der Waals surface area contributed by atoms with Gasteiger partial charge in [-0.05, 0) is 32.0 Å². The lowest BCUT2D eigenvalue weighted by atomic mass is 10.1. The average molecular weight is 384 g/mol. The van der Waals surface area contributed by atoms with E-state index < -0.39 is 4.92 Å². The van der Waals surface area contributed by atoms with E-state index in [0.717, 1.165) is 4.90 Å². The highest BCUT2D eigenvalue weighted by Gasteiger charge is 2.16. The molecule has 27 heavy (non-hydrogen) atoms. The number of carbonyl (C=O) groups excluding carboxylic acids is 1. The molecule has 0 aliphatic heterocycles. The summed E-state index contributed by atoms with van der Waals surface area (Å²) in [7, 11) is 0. The van der Waals surface area contributed by atoms with E-state index in [-0.39, 0.29) is 11.6 Å². The van der Waals surface area contributed by atoms with Crippen LogP contribution in [0.2, 0.25) is 0 Å². The molecular weight excluding hydrogens is 368 g/mol. The van der Waals surface area contributed by atoms with Crippen molar-refractivity contribution >= 4 is 29.0 Å². The van der Waals surface area contributed by atoms with Gasteiger partial charge in [-0.25, -0.2) is 0 Å². The minimum atomic E-state index is -0.471. The summed E-state index contributed by atoms with van der Waals surface area (Å²) in [5.41, 5.74) is 1.32. The highest BCUT2D eigenvalue weighted by molar-refractivity contribution is 7.98. The summed E-state index contributed by atoms with van der Waals surface area (Å²) in [4.78, 5) is 28.2. The third kappa shape index (κ3) is 4.50. The molecule has 0 bridgehead atoms. The van der Waals surface area contributed by atoms with E-state index in [2.05, 4.69) is 15.5 Å². The van der Waals surface area contributed by atoms with Gasteiger partial charge in [0.25, 0.3) is 11.6 Å². The number of amides is 1. The van der Waals surface area contributed by atoms with Crippen LogP contribution >= 0.6 is 11.8 Å². The molecule has 3 rings (SSSR count). The highest BCUT2D eigenvalue weighted by Crippen LogP contribution is 2.27. The van der Waals surface area contributed by atoms with Gasteiger partial charge in [-0.3, -0.25) is 14.9 Å². The van der Waals surface area contributed by atoms with E-state index in [4.69, 9.17) is 4.52 Å². The third-order valence-electron chi connectivity index (χ3n) is 3.72. The summed E-state index contributed by atoms with van der Waals surface area (Å²) in [5, 5.41) is 17.5. The molecule has 138 valence electrons. The molecule has 1 N–H and O–H groups in total. The van der Waals surface area contributed by atoms with Crippen LogP contribution in [0.3, 0.4) is 0 Å². The molecule has 0 saturated heterocycles. The van der Waals surface area contributed by atoms with Crippen molar-refractivity contribution < 1.29 is 14.2 Å². The van der Waals surface area contributed by atoms with Gasteiger partial charge in [-0.1, -0.05) is 23.4 Å². The Hall–Kier alpha value is -3.20. The maximum atomic E-state index is 12.7. The van der Waals surface area contributed by atoms with E-state index in [1.807, 2.05) is 12.1 Å². The van der Waals surface area contributed by atoms with Crippen LogP contribution < -0.4 is 5.32 Å². The molecule has 1 aromatic heterocycles. The Labute approximate surface area is 159 Å². The number of benzene rings is 2. The van der Waals surface area contributed by atoms with Gasteiger partial charge in [-0.2, -0.15) is 4.98 Å². The first-order valence-corrected chi connectivity index (χ1v) is 9.00. The molecule has 0 aliphatic rings. The van der Waals surface area contributed by atoms with Crippen LogP contribution in [0.25, 0.3) is 0 Å². The number of carbonyl (C=O) groups is 1. The summed E-state index contributed by atoms with van der Waals surface area (Å²) in [6.45, 7) is 3.38. The predicted molar refractivity (Wildman–Crippen MR) is 101 cm³/mol. The Kier molecular flexibility index (Phi) is 5.51. The number of thioether (sulfide) groups is 1. The Morgan fingerprint density at radius 3 is 2.74 bits per heavy atom. The second kappa shape index (κ2) is 8.00. The Balaban J connectivity index is 1.77. The molecule has 0 unspecified atom stereocenters. The zero-order valence-corrected chi connectivity index (χ0v) is 15.4. The SMILES string of the molecule is Cc1noc(CSc2ccccc2C(=O)Nc2ccc(C)c([N+](=O)[O-])c2)n1. The van der Waals surface area contributed by atoms with Crippen molar-refractivity contribution in [1.82, 2.24) is 10.1 Å². The number of nitrogens with zero attached hydrogens (tertiary/aromatic N) is 3. The molecule has 2 aromatic carbocycles. The van der Waals surface area contributed by atoms with Gasteiger partial charge in [0, 0.05) is 22.2 Å². The fraction of sp³-hybridized carbons (Fsp3) is 0.167. The quantitative estimate of drug-likeness (QED) is 0.386. The average Bonchev–Trinajstić information content (AvgIpc) is 3.07. The van der Waals surface area contributed by atoms with Crippen molar-refractivity contribution in [3.05, 3.63) is 75.4 Å². The van der Waals surface area contributed by atoms with Gasteiger partial charge in [0.1, 0.15) is 0 Å². The Morgan fingerprint density at radius 2 is 2.04 bits per heavy atom. The van der Waals surface area contributed by atoms with E-state index in [1.165, 1.54) is 17.8 Å². The lowest BCUT2D eigenvalue weighted by Gasteiger charge is -2.10. The molecule has 3 aromatic rings. The number of aryl methyl sites for hydroxylation is 2. The highest BCUT2D eigenvalue weighted by atomic mass is 32.2. The molecular formula is C18H16N4O4S. The standard InChI is InChI=1S/C18H16N4O4S/c1-11-7-8-13(9-15(11)22(24)25)20-18(23)14-5-3-4-6-16(14)27-10-17-19-12(2)21-26-17/h3-9H,10H2,1-2H3,(H,20,23). The van der Waals surface area contributed by atoms with Crippen LogP contribution in [0.15, 0.2) is 51.9 Å². The van der Waals surface area contributed by atoms with Crippen molar-refractivity contribution in [1.29, 1.82) is 0 Å². The minimum absolute atomic E-state index is 0.0396. The van der Waals surface area contributed by atoms with Crippen molar-refractivity contribution in [2.75, 3.05) is 5.32 Å². The maximum absolute atomic E-state index is 12.7. The number of nitro benzene ring substituents is 1. The topological polar surface area (TPSA) is 111 Å². The summed E-state index contributed by atoms with van der Waals surface area (Å²) in [6, 6.07) is 11.7. The molecule has 9 heteroatoms. The van der Waals surface area contributed by atoms with Gasteiger partial charge < -0.3 is 9.84 Å². The molecule has 8 nitrogen and oxygen atoms in total. The van der Waals surface area contributed by atoms with Gasteiger partial charge in [0.2, 0.25) is 5.89 Å². The van der Waals surface area contributed by atoms with Crippen molar-refractivity contribution in [2.45, 2.75) is 24.5 Å². The van der Waals surface area contributed by atoms with E-state index >= 15 is 0 Å². The maximum Gasteiger partial charge on any atom is 0.274 e. The minimum Gasteiger partial charge on any atom is -0.338 e.